The van der Waals surface area contributed by atoms with Crippen LogP contribution in [0.2, 0.25) is 0 Å². The molecule has 4 rings (SSSR count). The highest BCUT2D eigenvalue weighted by Crippen LogP contribution is 2.31. The molecule has 1 atom stereocenters. The van der Waals surface area contributed by atoms with Crippen molar-refractivity contribution >= 4 is 10.8 Å². The van der Waals surface area contributed by atoms with Crippen molar-refractivity contribution in [2.45, 2.75) is 31.5 Å². The topological polar surface area (TPSA) is 23.5 Å². The monoisotopic (exact) mass is 317 g/mol. The molecule has 0 spiro atoms. The first-order valence-corrected chi connectivity index (χ1v) is 8.74. The molecule has 3 aromatic carbocycles. The molecule has 0 aromatic heterocycles. The van der Waals surface area contributed by atoms with Gasteiger partial charge in [-0.1, -0.05) is 66.7 Å². The highest BCUT2D eigenvalue weighted by molar-refractivity contribution is 5.83. The van der Waals surface area contributed by atoms with E-state index in [1.165, 1.54) is 29.2 Å². The zero-order valence-corrected chi connectivity index (χ0v) is 13.8. The van der Waals surface area contributed by atoms with Crippen LogP contribution in [0.1, 0.15) is 30.1 Å². The second-order valence-corrected chi connectivity index (χ2v) is 6.77. The SMILES string of the molecule is OC(CN(Cc1ccccc1)C1CC1)c1ccc2ccccc2c1. The summed E-state index contributed by atoms with van der Waals surface area (Å²) in [6, 6.07) is 25.8. The maximum Gasteiger partial charge on any atom is 0.0917 e. The van der Waals surface area contributed by atoms with Crippen LogP contribution >= 0.6 is 0 Å². The molecule has 1 N–H and O–H groups in total. The Kier molecular flexibility index (Phi) is 4.33. The van der Waals surface area contributed by atoms with Crippen molar-refractivity contribution in [3.8, 4) is 0 Å². The third-order valence-electron chi connectivity index (χ3n) is 4.86. The maximum absolute atomic E-state index is 10.8. The van der Waals surface area contributed by atoms with Gasteiger partial charge >= 0.3 is 0 Å². The summed E-state index contributed by atoms with van der Waals surface area (Å²) in [6.45, 7) is 1.61. The lowest BCUT2D eigenvalue weighted by Crippen LogP contribution is -2.30. The Labute approximate surface area is 143 Å². The molecule has 2 heteroatoms. The van der Waals surface area contributed by atoms with E-state index < -0.39 is 6.10 Å². The summed E-state index contributed by atoms with van der Waals surface area (Å²) in [4.78, 5) is 2.43. The fourth-order valence-electron chi connectivity index (χ4n) is 3.34. The summed E-state index contributed by atoms with van der Waals surface area (Å²) >= 11 is 0. The van der Waals surface area contributed by atoms with Gasteiger partial charge in [0.2, 0.25) is 0 Å². The molecule has 0 amide bonds. The zero-order valence-electron chi connectivity index (χ0n) is 13.8. The van der Waals surface area contributed by atoms with E-state index in [9.17, 15) is 5.11 Å². The van der Waals surface area contributed by atoms with E-state index in [0.717, 1.165) is 12.1 Å². The van der Waals surface area contributed by atoms with Crippen LogP contribution in [0.5, 0.6) is 0 Å². The standard InChI is InChI=1S/C22H23NO/c24-22(20-11-10-18-8-4-5-9-19(18)14-20)16-23(21-12-13-21)15-17-6-2-1-3-7-17/h1-11,14,21-22,24H,12-13,15-16H2. The summed E-state index contributed by atoms with van der Waals surface area (Å²) in [5.41, 5.74) is 2.32. The summed E-state index contributed by atoms with van der Waals surface area (Å²) in [5.74, 6) is 0. The summed E-state index contributed by atoms with van der Waals surface area (Å²) in [6.07, 6.45) is 2.05. The van der Waals surface area contributed by atoms with Crippen molar-refractivity contribution in [3.05, 3.63) is 83.9 Å². The molecular formula is C22H23NO. The van der Waals surface area contributed by atoms with Crippen molar-refractivity contribution in [2.75, 3.05) is 6.54 Å². The van der Waals surface area contributed by atoms with Gasteiger partial charge in [0.1, 0.15) is 0 Å². The minimum absolute atomic E-state index is 0.445. The molecule has 122 valence electrons. The van der Waals surface area contributed by atoms with E-state index in [1.807, 2.05) is 12.1 Å². The molecule has 1 saturated carbocycles. The maximum atomic E-state index is 10.8. The van der Waals surface area contributed by atoms with E-state index in [-0.39, 0.29) is 0 Å². The lowest BCUT2D eigenvalue weighted by molar-refractivity contribution is 0.104. The quantitative estimate of drug-likeness (QED) is 0.721. The Morgan fingerprint density at radius 1 is 0.875 bits per heavy atom. The second kappa shape index (κ2) is 6.76. The summed E-state index contributed by atoms with van der Waals surface area (Å²) in [7, 11) is 0. The van der Waals surface area contributed by atoms with Crippen molar-refractivity contribution < 1.29 is 5.11 Å². The molecule has 0 aliphatic heterocycles. The summed E-state index contributed by atoms with van der Waals surface area (Å²) < 4.78 is 0. The molecule has 2 nitrogen and oxygen atoms in total. The molecule has 0 heterocycles. The lowest BCUT2D eigenvalue weighted by Gasteiger charge is -2.25. The van der Waals surface area contributed by atoms with Crippen LogP contribution in [0, 0.1) is 0 Å². The molecule has 0 radical (unpaired) electrons. The first-order valence-electron chi connectivity index (χ1n) is 8.74. The molecule has 24 heavy (non-hydrogen) atoms. The Balaban J connectivity index is 1.50. The second-order valence-electron chi connectivity index (χ2n) is 6.77. The first-order chi connectivity index (χ1) is 11.8. The normalized spacial score (nSPS) is 15.8. The van der Waals surface area contributed by atoms with Gasteiger partial charge in [-0.25, -0.2) is 0 Å². The van der Waals surface area contributed by atoms with E-state index >= 15 is 0 Å². The van der Waals surface area contributed by atoms with Crippen LogP contribution in [-0.2, 0) is 6.54 Å². The van der Waals surface area contributed by atoms with Crippen molar-refractivity contribution in [1.29, 1.82) is 0 Å². The van der Waals surface area contributed by atoms with Gasteiger partial charge in [-0.2, -0.15) is 0 Å². The number of aliphatic hydroxyl groups is 1. The number of benzene rings is 3. The van der Waals surface area contributed by atoms with Gasteiger partial charge in [-0.3, -0.25) is 4.90 Å². The molecule has 1 unspecified atom stereocenters. The van der Waals surface area contributed by atoms with E-state index in [1.54, 1.807) is 0 Å². The Morgan fingerprint density at radius 3 is 2.33 bits per heavy atom. The molecule has 1 aliphatic carbocycles. The average Bonchev–Trinajstić information content (AvgIpc) is 3.47. The van der Waals surface area contributed by atoms with Crippen molar-refractivity contribution in [3.63, 3.8) is 0 Å². The van der Waals surface area contributed by atoms with E-state index in [2.05, 4.69) is 65.6 Å². The predicted molar refractivity (Wildman–Crippen MR) is 98.8 cm³/mol. The number of hydrogen-bond donors (Lipinski definition) is 1. The Hall–Kier alpha value is -2.16. The number of aliphatic hydroxyl groups excluding tert-OH is 1. The van der Waals surface area contributed by atoms with Crippen LogP contribution in [-0.4, -0.2) is 22.6 Å². The van der Waals surface area contributed by atoms with Crippen molar-refractivity contribution in [2.24, 2.45) is 0 Å². The summed E-state index contributed by atoms with van der Waals surface area (Å²) in [5, 5.41) is 13.2. The number of hydrogen-bond acceptors (Lipinski definition) is 2. The average molecular weight is 317 g/mol. The number of rotatable bonds is 6. The van der Waals surface area contributed by atoms with E-state index in [0.29, 0.717) is 12.6 Å². The van der Waals surface area contributed by atoms with Gasteiger partial charge in [0, 0.05) is 19.1 Å². The van der Waals surface area contributed by atoms with Gasteiger partial charge < -0.3 is 5.11 Å². The number of fused-ring (bicyclic) bond motifs is 1. The molecule has 1 fully saturated rings. The van der Waals surface area contributed by atoms with Crippen LogP contribution in [0.4, 0.5) is 0 Å². The molecule has 1 aliphatic rings. The minimum Gasteiger partial charge on any atom is -0.387 e. The zero-order chi connectivity index (χ0) is 16.4. The smallest absolute Gasteiger partial charge is 0.0917 e. The lowest BCUT2D eigenvalue weighted by atomic mass is 10.0. The largest absolute Gasteiger partial charge is 0.387 e. The van der Waals surface area contributed by atoms with Crippen LogP contribution < -0.4 is 0 Å². The highest BCUT2D eigenvalue weighted by Gasteiger charge is 2.30. The minimum atomic E-state index is -0.445. The molecule has 0 bridgehead atoms. The van der Waals surface area contributed by atoms with Crippen LogP contribution in [0.3, 0.4) is 0 Å². The van der Waals surface area contributed by atoms with Gasteiger partial charge in [-0.15, -0.1) is 0 Å². The first kappa shape index (κ1) is 15.4. The van der Waals surface area contributed by atoms with Gasteiger partial charge in [0.25, 0.3) is 0 Å². The van der Waals surface area contributed by atoms with Gasteiger partial charge in [0.05, 0.1) is 6.10 Å². The Bertz CT molecular complexity index is 810. The molecular weight excluding hydrogens is 294 g/mol. The van der Waals surface area contributed by atoms with Gasteiger partial charge in [0.15, 0.2) is 0 Å². The van der Waals surface area contributed by atoms with Crippen LogP contribution in [0.25, 0.3) is 10.8 Å². The third kappa shape index (κ3) is 3.50. The third-order valence-corrected chi connectivity index (χ3v) is 4.86. The van der Waals surface area contributed by atoms with E-state index in [4.69, 9.17) is 0 Å². The predicted octanol–water partition coefficient (Wildman–Crippen LogP) is 4.54. The fourth-order valence-corrected chi connectivity index (χ4v) is 3.34. The Morgan fingerprint density at radius 2 is 1.58 bits per heavy atom. The molecule has 3 aromatic rings. The van der Waals surface area contributed by atoms with Crippen LogP contribution in [0.15, 0.2) is 72.8 Å². The fraction of sp³-hybridized carbons (Fsp3) is 0.273. The molecule has 0 saturated heterocycles. The van der Waals surface area contributed by atoms with Crippen molar-refractivity contribution in [1.82, 2.24) is 4.90 Å². The van der Waals surface area contributed by atoms with Gasteiger partial charge in [-0.05, 0) is 40.8 Å². The highest BCUT2D eigenvalue weighted by atomic mass is 16.3. The number of nitrogens with zero attached hydrogens (tertiary/aromatic N) is 1.